The maximum absolute atomic E-state index is 10.1. The van der Waals surface area contributed by atoms with Gasteiger partial charge < -0.3 is 26.4 Å². The summed E-state index contributed by atoms with van der Waals surface area (Å²) >= 11 is 1.39. The van der Waals surface area contributed by atoms with Crippen LogP contribution in [0.1, 0.15) is 11.6 Å². The summed E-state index contributed by atoms with van der Waals surface area (Å²) in [4.78, 5) is 8.10. The molecule has 0 aliphatic carbocycles. The van der Waals surface area contributed by atoms with Gasteiger partial charge in [-0.2, -0.15) is 0 Å². The Morgan fingerprint density at radius 3 is 2.79 bits per heavy atom. The lowest BCUT2D eigenvalue weighted by molar-refractivity contribution is 0.0196. The summed E-state index contributed by atoms with van der Waals surface area (Å²) in [5, 5.41) is 33.9. The Bertz CT molecular complexity index is 605. The molecule has 0 unspecified atom stereocenters. The molecule has 1 aliphatic rings. The first-order valence-electron chi connectivity index (χ1n) is 5.84. The van der Waals surface area contributed by atoms with Crippen molar-refractivity contribution in [1.82, 2.24) is 15.3 Å². The second-order valence-electron chi connectivity index (χ2n) is 4.54. The predicted molar refractivity (Wildman–Crippen MR) is 70.6 cm³/mol. The summed E-state index contributed by atoms with van der Waals surface area (Å²) < 4.78 is 0.758. The minimum atomic E-state index is -1.01. The molecule has 0 saturated carbocycles. The van der Waals surface area contributed by atoms with Crippen molar-refractivity contribution >= 4 is 27.4 Å². The quantitative estimate of drug-likeness (QED) is 0.478. The van der Waals surface area contributed by atoms with Crippen LogP contribution in [-0.2, 0) is 0 Å². The standard InChI is InChI=1S/C11H14N4O3S/c12-11-10-7(13-3-14-11)4(2-19-10)6-9(18)8(17)5(1-16)15-6/h2-3,5-6,8-9,15-18H,1H2,(H2,12,13,14)/t5-,6+,8-,9+/m1/s1. The van der Waals surface area contributed by atoms with Crippen LogP contribution in [0.15, 0.2) is 11.7 Å². The highest BCUT2D eigenvalue weighted by Crippen LogP contribution is 2.36. The fraction of sp³-hybridized carbons (Fsp3) is 0.455. The van der Waals surface area contributed by atoms with Crippen molar-refractivity contribution < 1.29 is 15.3 Å². The van der Waals surface area contributed by atoms with Gasteiger partial charge in [0, 0.05) is 5.56 Å². The van der Waals surface area contributed by atoms with E-state index in [4.69, 9.17) is 10.8 Å². The SMILES string of the molecule is Nc1ncnc2c([C@@H]3N[C@H](CO)[C@@H](O)[C@H]3O)csc12. The van der Waals surface area contributed by atoms with E-state index in [-0.39, 0.29) is 6.61 Å². The Morgan fingerprint density at radius 2 is 2.11 bits per heavy atom. The van der Waals surface area contributed by atoms with E-state index in [1.54, 1.807) is 0 Å². The summed E-state index contributed by atoms with van der Waals surface area (Å²) in [5.74, 6) is 0.396. The van der Waals surface area contributed by atoms with E-state index in [0.29, 0.717) is 11.3 Å². The molecule has 0 spiro atoms. The van der Waals surface area contributed by atoms with Crippen molar-refractivity contribution in [2.75, 3.05) is 12.3 Å². The van der Waals surface area contributed by atoms with Gasteiger partial charge >= 0.3 is 0 Å². The highest BCUT2D eigenvalue weighted by molar-refractivity contribution is 7.17. The average molecular weight is 282 g/mol. The maximum Gasteiger partial charge on any atom is 0.144 e. The second kappa shape index (κ2) is 4.66. The molecule has 6 N–H and O–H groups in total. The van der Waals surface area contributed by atoms with Crippen LogP contribution in [0.3, 0.4) is 0 Å². The molecule has 3 rings (SSSR count). The summed E-state index contributed by atoms with van der Waals surface area (Å²) in [5.41, 5.74) is 7.20. The number of aliphatic hydroxyl groups is 3. The largest absolute Gasteiger partial charge is 0.395 e. The number of nitrogen functional groups attached to an aromatic ring is 1. The molecule has 102 valence electrons. The molecule has 19 heavy (non-hydrogen) atoms. The van der Waals surface area contributed by atoms with Crippen LogP contribution in [0.5, 0.6) is 0 Å². The zero-order valence-electron chi connectivity index (χ0n) is 9.89. The van der Waals surface area contributed by atoms with Gasteiger partial charge in [-0.05, 0) is 5.38 Å². The van der Waals surface area contributed by atoms with Crippen molar-refractivity contribution in [1.29, 1.82) is 0 Å². The number of aromatic nitrogens is 2. The number of aliphatic hydroxyl groups excluding tert-OH is 3. The van der Waals surface area contributed by atoms with Crippen LogP contribution in [0.4, 0.5) is 5.82 Å². The van der Waals surface area contributed by atoms with Crippen molar-refractivity contribution in [3.63, 3.8) is 0 Å². The smallest absolute Gasteiger partial charge is 0.144 e. The number of nitrogens with one attached hydrogen (secondary N) is 1. The van der Waals surface area contributed by atoms with E-state index >= 15 is 0 Å². The van der Waals surface area contributed by atoms with Gasteiger partial charge in [0.25, 0.3) is 0 Å². The number of rotatable bonds is 2. The van der Waals surface area contributed by atoms with Gasteiger partial charge in [0.2, 0.25) is 0 Å². The number of nitrogens with two attached hydrogens (primary N) is 1. The highest BCUT2D eigenvalue weighted by Gasteiger charge is 2.42. The first kappa shape index (κ1) is 12.7. The Balaban J connectivity index is 2.04. The second-order valence-corrected chi connectivity index (χ2v) is 5.42. The fourth-order valence-electron chi connectivity index (χ4n) is 2.41. The van der Waals surface area contributed by atoms with Gasteiger partial charge in [-0.1, -0.05) is 0 Å². The van der Waals surface area contributed by atoms with Crippen LogP contribution >= 0.6 is 11.3 Å². The predicted octanol–water partition coefficient (Wildman–Crippen LogP) is -0.999. The maximum atomic E-state index is 10.1. The Morgan fingerprint density at radius 1 is 1.32 bits per heavy atom. The lowest BCUT2D eigenvalue weighted by Crippen LogP contribution is -2.35. The van der Waals surface area contributed by atoms with Gasteiger partial charge in [-0.3, -0.25) is 0 Å². The minimum absolute atomic E-state index is 0.242. The highest BCUT2D eigenvalue weighted by atomic mass is 32.1. The van der Waals surface area contributed by atoms with E-state index in [1.807, 2.05) is 5.38 Å². The van der Waals surface area contributed by atoms with Crippen molar-refractivity contribution in [2.24, 2.45) is 0 Å². The fourth-order valence-corrected chi connectivity index (χ4v) is 3.36. The van der Waals surface area contributed by atoms with Crippen molar-refractivity contribution in [3.05, 3.63) is 17.3 Å². The van der Waals surface area contributed by atoms with Crippen molar-refractivity contribution in [2.45, 2.75) is 24.3 Å². The molecule has 1 fully saturated rings. The molecule has 0 aromatic carbocycles. The Hall–Kier alpha value is -1.32. The van der Waals surface area contributed by atoms with E-state index in [2.05, 4.69) is 15.3 Å². The summed E-state index contributed by atoms with van der Waals surface area (Å²) in [7, 11) is 0. The molecule has 0 radical (unpaired) electrons. The number of nitrogens with zero attached hydrogens (tertiary/aromatic N) is 2. The van der Waals surface area contributed by atoms with Crippen molar-refractivity contribution in [3.8, 4) is 0 Å². The third kappa shape index (κ3) is 1.88. The van der Waals surface area contributed by atoms with E-state index < -0.39 is 24.3 Å². The van der Waals surface area contributed by atoms with Gasteiger partial charge in [-0.25, -0.2) is 9.97 Å². The van der Waals surface area contributed by atoms with E-state index in [9.17, 15) is 10.2 Å². The third-order valence-electron chi connectivity index (χ3n) is 3.44. The molecule has 0 bridgehead atoms. The van der Waals surface area contributed by atoms with Gasteiger partial charge in [0.15, 0.2) is 0 Å². The number of fused-ring (bicyclic) bond motifs is 1. The summed E-state index contributed by atoms with van der Waals surface area (Å²) in [6, 6.07) is -1.02. The molecule has 0 amide bonds. The normalized spacial score (nSPS) is 31.1. The average Bonchev–Trinajstić information content (AvgIpc) is 2.94. The van der Waals surface area contributed by atoms with E-state index in [1.165, 1.54) is 17.7 Å². The lowest BCUT2D eigenvalue weighted by atomic mass is 10.0. The summed E-state index contributed by atoms with van der Waals surface area (Å²) in [6.45, 7) is -0.242. The van der Waals surface area contributed by atoms with Crippen LogP contribution in [-0.4, -0.2) is 50.1 Å². The molecule has 2 aromatic heterocycles. The number of anilines is 1. The van der Waals surface area contributed by atoms with Gasteiger partial charge in [-0.15, -0.1) is 11.3 Å². The monoisotopic (exact) mass is 282 g/mol. The zero-order chi connectivity index (χ0) is 13.6. The number of hydrogen-bond donors (Lipinski definition) is 5. The molecule has 3 heterocycles. The van der Waals surface area contributed by atoms with E-state index in [0.717, 1.165) is 10.3 Å². The van der Waals surface area contributed by atoms with Crippen LogP contribution < -0.4 is 11.1 Å². The molecule has 1 aliphatic heterocycles. The molecule has 1 saturated heterocycles. The van der Waals surface area contributed by atoms with Crippen LogP contribution in [0.25, 0.3) is 10.2 Å². The molecular weight excluding hydrogens is 268 g/mol. The lowest BCUT2D eigenvalue weighted by Gasteiger charge is -2.14. The first-order chi connectivity index (χ1) is 9.13. The topological polar surface area (TPSA) is 125 Å². The number of hydrogen-bond acceptors (Lipinski definition) is 8. The summed E-state index contributed by atoms with van der Waals surface area (Å²) in [6.07, 6.45) is -0.634. The molecule has 7 nitrogen and oxygen atoms in total. The van der Waals surface area contributed by atoms with Crippen LogP contribution in [0.2, 0.25) is 0 Å². The third-order valence-corrected chi connectivity index (χ3v) is 4.45. The molecular formula is C11H14N4O3S. The zero-order valence-corrected chi connectivity index (χ0v) is 10.7. The van der Waals surface area contributed by atoms with Gasteiger partial charge in [0.05, 0.1) is 35.0 Å². The molecule has 2 aromatic rings. The molecule has 4 atom stereocenters. The molecule has 8 heteroatoms. The minimum Gasteiger partial charge on any atom is -0.395 e. The Kier molecular flexibility index (Phi) is 3.11. The Labute approximate surface area is 112 Å². The van der Waals surface area contributed by atoms with Gasteiger partial charge in [0.1, 0.15) is 18.2 Å². The first-order valence-corrected chi connectivity index (χ1v) is 6.72. The number of thiophene rings is 1. The van der Waals surface area contributed by atoms with Crippen LogP contribution in [0, 0.1) is 0 Å².